The Labute approximate surface area is 206 Å². The van der Waals surface area contributed by atoms with Crippen LogP contribution in [0.25, 0.3) is 11.1 Å². The van der Waals surface area contributed by atoms with E-state index < -0.39 is 17.9 Å². The Kier molecular flexibility index (Phi) is 9.12. The maximum absolute atomic E-state index is 13.0. The summed E-state index contributed by atoms with van der Waals surface area (Å²) in [6, 6.07) is 19.3. The van der Waals surface area contributed by atoms with E-state index in [4.69, 9.17) is 0 Å². The molecule has 0 bridgehead atoms. The van der Waals surface area contributed by atoms with Crippen LogP contribution in [-0.2, 0) is 4.79 Å². The molecule has 0 saturated heterocycles. The average Bonchev–Trinajstić information content (AvgIpc) is 2.87. The first-order valence-electron chi connectivity index (χ1n) is 11.6. The molecule has 2 aromatic carbocycles. The van der Waals surface area contributed by atoms with Gasteiger partial charge in [0.1, 0.15) is 11.7 Å². The molecule has 0 aliphatic rings. The van der Waals surface area contributed by atoms with E-state index in [9.17, 15) is 14.4 Å². The van der Waals surface area contributed by atoms with Gasteiger partial charge in [-0.15, -0.1) is 0 Å². The highest BCUT2D eigenvalue weighted by atomic mass is 16.2. The van der Waals surface area contributed by atoms with Crippen molar-refractivity contribution in [3.63, 3.8) is 0 Å². The molecular formula is C28H31N4O3. The summed E-state index contributed by atoms with van der Waals surface area (Å²) in [6.07, 6.45) is 2.24. The van der Waals surface area contributed by atoms with Crippen molar-refractivity contribution in [1.29, 1.82) is 0 Å². The Bertz CT molecular complexity index is 1140. The molecule has 0 spiro atoms. The van der Waals surface area contributed by atoms with Gasteiger partial charge in [0.25, 0.3) is 11.8 Å². The Morgan fingerprint density at radius 3 is 2.31 bits per heavy atom. The molecule has 3 N–H and O–H groups in total. The molecule has 1 radical (unpaired) electrons. The van der Waals surface area contributed by atoms with Crippen LogP contribution < -0.4 is 16.0 Å². The Morgan fingerprint density at radius 2 is 1.63 bits per heavy atom. The zero-order valence-corrected chi connectivity index (χ0v) is 20.2. The van der Waals surface area contributed by atoms with E-state index in [2.05, 4.69) is 20.9 Å². The van der Waals surface area contributed by atoms with Gasteiger partial charge in [0.2, 0.25) is 5.91 Å². The fourth-order valence-electron chi connectivity index (χ4n) is 3.30. The van der Waals surface area contributed by atoms with E-state index in [0.717, 1.165) is 16.7 Å². The molecule has 0 saturated carbocycles. The van der Waals surface area contributed by atoms with Crippen LogP contribution >= 0.6 is 0 Å². The van der Waals surface area contributed by atoms with Crippen LogP contribution in [0.1, 0.15) is 46.7 Å². The van der Waals surface area contributed by atoms with Crippen LogP contribution in [0.3, 0.4) is 0 Å². The number of amides is 3. The van der Waals surface area contributed by atoms with Gasteiger partial charge in [-0.05, 0) is 54.7 Å². The first kappa shape index (κ1) is 25.6. The highest BCUT2D eigenvalue weighted by molar-refractivity contribution is 5.98. The second-order valence-corrected chi connectivity index (χ2v) is 8.74. The molecule has 1 atom stereocenters. The predicted octanol–water partition coefficient (Wildman–Crippen LogP) is 3.91. The second kappa shape index (κ2) is 12.5. The Morgan fingerprint density at radius 1 is 0.914 bits per heavy atom. The highest BCUT2D eigenvalue weighted by Crippen LogP contribution is 2.18. The van der Waals surface area contributed by atoms with E-state index >= 15 is 0 Å². The minimum atomic E-state index is -0.984. The fraction of sp³-hybridized carbons (Fsp3) is 0.250. The summed E-state index contributed by atoms with van der Waals surface area (Å²) >= 11 is 0. The van der Waals surface area contributed by atoms with Gasteiger partial charge in [-0.2, -0.15) is 0 Å². The Hall–Kier alpha value is -4.00. The van der Waals surface area contributed by atoms with Crippen LogP contribution in [0.15, 0.2) is 72.9 Å². The van der Waals surface area contributed by atoms with Gasteiger partial charge in [-0.3, -0.25) is 19.4 Å². The molecule has 0 unspecified atom stereocenters. The first-order chi connectivity index (χ1) is 16.8. The molecule has 0 fully saturated rings. The monoisotopic (exact) mass is 471 g/mol. The quantitative estimate of drug-likeness (QED) is 0.417. The van der Waals surface area contributed by atoms with Crippen molar-refractivity contribution in [3.05, 3.63) is 96.3 Å². The van der Waals surface area contributed by atoms with Crippen molar-refractivity contribution in [3.8, 4) is 11.1 Å². The van der Waals surface area contributed by atoms with Gasteiger partial charge in [0.05, 0.1) is 0 Å². The van der Waals surface area contributed by atoms with Crippen molar-refractivity contribution in [2.45, 2.75) is 33.2 Å². The van der Waals surface area contributed by atoms with Gasteiger partial charge in [0.15, 0.2) is 0 Å². The molecule has 181 valence electrons. The summed E-state index contributed by atoms with van der Waals surface area (Å²) in [5.74, 6) is -0.874. The molecule has 1 heterocycles. The van der Waals surface area contributed by atoms with Gasteiger partial charge in [-0.25, -0.2) is 0 Å². The van der Waals surface area contributed by atoms with E-state index in [1.54, 1.807) is 30.9 Å². The van der Waals surface area contributed by atoms with Crippen LogP contribution in [-0.4, -0.2) is 35.3 Å². The lowest BCUT2D eigenvalue weighted by atomic mass is 10.1. The molecule has 7 nitrogen and oxygen atoms in total. The molecule has 0 aliphatic heterocycles. The SMILES string of the molecule is Cc1ccc(C(=O)NC[C@H](NC(=O)c2cc(-c3ccccc3)ccn2)C(=O)N[CH]CC(C)C)cc1. The van der Waals surface area contributed by atoms with Crippen LogP contribution in [0.4, 0.5) is 0 Å². The Balaban J connectivity index is 1.71. The lowest BCUT2D eigenvalue weighted by Crippen LogP contribution is -2.52. The van der Waals surface area contributed by atoms with Crippen molar-refractivity contribution >= 4 is 17.7 Å². The third-order valence-corrected chi connectivity index (χ3v) is 5.34. The molecule has 1 aromatic heterocycles. The van der Waals surface area contributed by atoms with Crippen molar-refractivity contribution in [2.24, 2.45) is 5.92 Å². The van der Waals surface area contributed by atoms with Crippen LogP contribution in [0.5, 0.6) is 0 Å². The van der Waals surface area contributed by atoms with E-state index in [0.29, 0.717) is 17.9 Å². The second-order valence-electron chi connectivity index (χ2n) is 8.74. The summed E-state index contributed by atoms with van der Waals surface area (Å²) in [5.41, 5.74) is 3.48. The third-order valence-electron chi connectivity index (χ3n) is 5.34. The predicted molar refractivity (Wildman–Crippen MR) is 136 cm³/mol. The normalized spacial score (nSPS) is 11.5. The number of nitrogens with zero attached hydrogens (tertiary/aromatic N) is 1. The number of hydrogen-bond donors (Lipinski definition) is 3. The first-order valence-corrected chi connectivity index (χ1v) is 11.6. The number of carbonyl (C=O) groups is 3. The summed E-state index contributed by atoms with van der Waals surface area (Å²) in [5, 5.41) is 8.19. The molecule has 3 rings (SSSR count). The summed E-state index contributed by atoms with van der Waals surface area (Å²) in [4.78, 5) is 42.6. The third kappa shape index (κ3) is 7.78. The molecular weight excluding hydrogens is 440 g/mol. The number of nitrogens with one attached hydrogen (secondary N) is 3. The smallest absolute Gasteiger partial charge is 0.270 e. The summed E-state index contributed by atoms with van der Waals surface area (Å²) in [7, 11) is 0. The number of hydrogen-bond acceptors (Lipinski definition) is 4. The number of rotatable bonds is 10. The molecule has 7 heteroatoms. The van der Waals surface area contributed by atoms with E-state index in [-0.39, 0.29) is 18.1 Å². The molecule has 3 aromatic rings. The van der Waals surface area contributed by atoms with Gasteiger partial charge < -0.3 is 16.0 Å². The van der Waals surface area contributed by atoms with Gasteiger partial charge in [-0.1, -0.05) is 61.9 Å². The molecule has 3 amide bonds. The minimum Gasteiger partial charge on any atom is -0.349 e. The summed E-state index contributed by atoms with van der Waals surface area (Å²) in [6.45, 7) is 7.61. The highest BCUT2D eigenvalue weighted by Gasteiger charge is 2.23. The zero-order chi connectivity index (χ0) is 25.2. The molecule has 0 aliphatic carbocycles. The van der Waals surface area contributed by atoms with Gasteiger partial charge in [0, 0.05) is 24.8 Å². The van der Waals surface area contributed by atoms with Crippen LogP contribution in [0, 0.1) is 19.4 Å². The number of carbonyl (C=O) groups excluding carboxylic acids is 3. The van der Waals surface area contributed by atoms with E-state index in [1.165, 1.54) is 0 Å². The minimum absolute atomic E-state index is 0.0713. The maximum atomic E-state index is 13.0. The topological polar surface area (TPSA) is 100 Å². The lowest BCUT2D eigenvalue weighted by molar-refractivity contribution is -0.122. The maximum Gasteiger partial charge on any atom is 0.270 e. The van der Waals surface area contributed by atoms with Crippen molar-refractivity contribution in [2.75, 3.05) is 6.54 Å². The van der Waals surface area contributed by atoms with Crippen LogP contribution in [0.2, 0.25) is 0 Å². The number of pyridine rings is 1. The van der Waals surface area contributed by atoms with Crippen molar-refractivity contribution < 1.29 is 14.4 Å². The number of aryl methyl sites for hydroxylation is 1. The van der Waals surface area contributed by atoms with Gasteiger partial charge >= 0.3 is 0 Å². The molecule has 35 heavy (non-hydrogen) atoms. The largest absolute Gasteiger partial charge is 0.349 e. The van der Waals surface area contributed by atoms with E-state index in [1.807, 2.05) is 69.3 Å². The standard InChI is InChI=1S/C28H31N4O3/c1-19(2)13-15-30-27(34)25(18-31-26(33)22-11-9-20(3)10-12-22)32-28(35)24-17-23(14-16-29-24)21-7-5-4-6-8-21/h4-12,14-17,19,25H,13,18H2,1-3H3,(H,30,34)(H,31,33)(H,32,35)/t25-/m0/s1. The number of aromatic nitrogens is 1. The number of benzene rings is 2. The lowest BCUT2D eigenvalue weighted by Gasteiger charge is -2.19. The zero-order valence-electron chi connectivity index (χ0n) is 20.2. The fourth-order valence-corrected chi connectivity index (χ4v) is 3.30. The summed E-state index contributed by atoms with van der Waals surface area (Å²) < 4.78 is 0. The van der Waals surface area contributed by atoms with Crippen molar-refractivity contribution in [1.82, 2.24) is 20.9 Å². The average molecular weight is 472 g/mol.